The maximum atomic E-state index is 12.4. The minimum absolute atomic E-state index is 0.124. The van der Waals surface area contributed by atoms with Crippen LogP contribution in [-0.2, 0) is 11.2 Å². The molecule has 1 unspecified atom stereocenters. The minimum Gasteiger partial charge on any atom is -0.376 e. The molecule has 2 rings (SSSR count). The fourth-order valence-corrected chi connectivity index (χ4v) is 2.88. The van der Waals surface area contributed by atoms with Gasteiger partial charge < -0.3 is 10.2 Å². The first kappa shape index (κ1) is 18.1. The number of benzene rings is 1. The molecular formula is C20H27N3O. The van der Waals surface area contributed by atoms with Crippen LogP contribution >= 0.6 is 0 Å². The number of nitriles is 1. The predicted octanol–water partition coefficient (Wildman–Crippen LogP) is 3.57. The third-order valence-electron chi connectivity index (χ3n) is 4.73. The Labute approximate surface area is 145 Å². The number of hydrogen-bond donors (Lipinski definition) is 1. The molecule has 128 valence electrons. The van der Waals surface area contributed by atoms with Gasteiger partial charge in [-0.15, -0.1) is 0 Å². The third-order valence-corrected chi connectivity index (χ3v) is 4.73. The second kappa shape index (κ2) is 8.54. The molecule has 4 nitrogen and oxygen atoms in total. The molecule has 0 bridgehead atoms. The molecule has 1 heterocycles. The highest BCUT2D eigenvalue weighted by atomic mass is 16.1. The van der Waals surface area contributed by atoms with E-state index in [0.29, 0.717) is 0 Å². The van der Waals surface area contributed by atoms with Crippen LogP contribution in [0.3, 0.4) is 0 Å². The van der Waals surface area contributed by atoms with Crippen LogP contribution in [0.15, 0.2) is 36.0 Å². The van der Waals surface area contributed by atoms with Gasteiger partial charge in [-0.1, -0.05) is 38.1 Å². The van der Waals surface area contributed by atoms with Crippen molar-refractivity contribution in [1.29, 1.82) is 5.26 Å². The summed E-state index contributed by atoms with van der Waals surface area (Å²) in [5, 5.41) is 12.3. The summed E-state index contributed by atoms with van der Waals surface area (Å²) < 4.78 is 0. The van der Waals surface area contributed by atoms with Crippen molar-refractivity contribution >= 4 is 5.91 Å². The minimum atomic E-state index is -0.303. The molecular weight excluding hydrogens is 298 g/mol. The van der Waals surface area contributed by atoms with Gasteiger partial charge in [0.25, 0.3) is 5.91 Å². The average molecular weight is 325 g/mol. The summed E-state index contributed by atoms with van der Waals surface area (Å²) in [6, 6.07) is 10.1. The zero-order valence-corrected chi connectivity index (χ0v) is 14.9. The van der Waals surface area contributed by atoms with Crippen LogP contribution in [0, 0.1) is 17.2 Å². The molecule has 0 spiro atoms. The number of nitrogens with zero attached hydrogens (tertiary/aromatic N) is 2. The van der Waals surface area contributed by atoms with Crippen molar-refractivity contribution in [1.82, 2.24) is 10.2 Å². The molecule has 1 aromatic rings. The highest BCUT2D eigenvalue weighted by Gasteiger charge is 2.18. The van der Waals surface area contributed by atoms with Crippen LogP contribution in [-0.4, -0.2) is 23.9 Å². The molecule has 1 fully saturated rings. The molecule has 1 aliphatic rings. The second-order valence-corrected chi connectivity index (χ2v) is 6.66. The van der Waals surface area contributed by atoms with E-state index in [2.05, 4.69) is 36.2 Å². The first-order valence-electron chi connectivity index (χ1n) is 8.79. The van der Waals surface area contributed by atoms with Crippen molar-refractivity contribution in [3.05, 3.63) is 47.2 Å². The van der Waals surface area contributed by atoms with Gasteiger partial charge in [0, 0.05) is 19.3 Å². The van der Waals surface area contributed by atoms with E-state index in [4.69, 9.17) is 0 Å². The zero-order chi connectivity index (χ0) is 17.5. The van der Waals surface area contributed by atoms with Gasteiger partial charge in [-0.3, -0.25) is 4.79 Å². The monoisotopic (exact) mass is 325 g/mol. The molecule has 0 radical (unpaired) electrons. The standard InChI is InChI=1S/C20H27N3O/c1-4-17-5-7-18(8-6-17)16(3)22-20(24)19(13-21)14-23-11-9-15(2)10-12-23/h5-8,14-16H,4,9-12H2,1-3H3,(H,22,24)/b19-14-. The maximum absolute atomic E-state index is 12.4. The lowest BCUT2D eigenvalue weighted by Gasteiger charge is -2.29. The summed E-state index contributed by atoms with van der Waals surface area (Å²) in [6.07, 6.45) is 4.93. The Morgan fingerprint density at radius 1 is 1.38 bits per heavy atom. The quantitative estimate of drug-likeness (QED) is 0.665. The van der Waals surface area contributed by atoms with E-state index in [1.165, 1.54) is 5.56 Å². The molecule has 24 heavy (non-hydrogen) atoms. The van der Waals surface area contributed by atoms with Gasteiger partial charge in [0.2, 0.25) is 0 Å². The molecule has 1 aromatic carbocycles. The molecule has 1 N–H and O–H groups in total. The van der Waals surface area contributed by atoms with Gasteiger partial charge in [0.15, 0.2) is 0 Å². The van der Waals surface area contributed by atoms with Crippen molar-refractivity contribution in [3.63, 3.8) is 0 Å². The smallest absolute Gasteiger partial charge is 0.263 e. The SMILES string of the molecule is CCc1ccc(C(C)NC(=O)/C(C#N)=C\N2CCC(C)CC2)cc1. The predicted molar refractivity (Wildman–Crippen MR) is 96.0 cm³/mol. The molecule has 1 atom stereocenters. The highest BCUT2D eigenvalue weighted by molar-refractivity contribution is 5.97. The van der Waals surface area contributed by atoms with Crippen molar-refractivity contribution in [3.8, 4) is 6.07 Å². The summed E-state index contributed by atoms with van der Waals surface area (Å²) in [7, 11) is 0. The molecule has 0 saturated carbocycles. The molecule has 0 aliphatic carbocycles. The van der Waals surface area contributed by atoms with E-state index in [0.717, 1.165) is 43.8 Å². The Kier molecular flexibility index (Phi) is 6.43. The average Bonchev–Trinajstić information content (AvgIpc) is 2.61. The van der Waals surface area contributed by atoms with Gasteiger partial charge >= 0.3 is 0 Å². The second-order valence-electron chi connectivity index (χ2n) is 6.66. The fraction of sp³-hybridized carbons (Fsp3) is 0.500. The molecule has 0 aromatic heterocycles. The molecule has 1 aliphatic heterocycles. The van der Waals surface area contributed by atoms with Crippen LogP contribution in [0.25, 0.3) is 0 Å². The number of carbonyl (C=O) groups is 1. The Morgan fingerprint density at radius 3 is 2.54 bits per heavy atom. The first-order chi connectivity index (χ1) is 11.5. The summed E-state index contributed by atoms with van der Waals surface area (Å²) in [5.41, 5.74) is 2.50. The largest absolute Gasteiger partial charge is 0.376 e. The van der Waals surface area contributed by atoms with Gasteiger partial charge in [-0.2, -0.15) is 5.26 Å². The Bertz CT molecular complexity index is 619. The number of rotatable bonds is 5. The number of nitrogens with one attached hydrogen (secondary N) is 1. The van der Waals surface area contributed by atoms with Crippen LogP contribution < -0.4 is 5.32 Å². The third kappa shape index (κ3) is 4.86. The topological polar surface area (TPSA) is 56.1 Å². The maximum Gasteiger partial charge on any atom is 0.263 e. The summed E-state index contributed by atoms with van der Waals surface area (Å²) >= 11 is 0. The van der Waals surface area contributed by atoms with Gasteiger partial charge in [0.1, 0.15) is 11.6 Å². The van der Waals surface area contributed by atoms with Crippen molar-refractivity contribution < 1.29 is 4.79 Å². The number of likely N-dealkylation sites (tertiary alicyclic amines) is 1. The van der Waals surface area contributed by atoms with E-state index in [1.54, 1.807) is 6.20 Å². The van der Waals surface area contributed by atoms with Crippen molar-refractivity contribution in [2.45, 2.75) is 46.1 Å². The number of hydrogen-bond acceptors (Lipinski definition) is 3. The van der Waals surface area contributed by atoms with E-state index in [1.807, 2.05) is 25.1 Å². The van der Waals surface area contributed by atoms with Gasteiger partial charge in [-0.25, -0.2) is 0 Å². The van der Waals surface area contributed by atoms with Gasteiger partial charge in [-0.05, 0) is 43.2 Å². The van der Waals surface area contributed by atoms with Crippen LogP contribution in [0.2, 0.25) is 0 Å². The number of amides is 1. The van der Waals surface area contributed by atoms with E-state index < -0.39 is 0 Å². The Hall–Kier alpha value is -2.28. The molecule has 4 heteroatoms. The molecule has 1 saturated heterocycles. The summed E-state index contributed by atoms with van der Waals surface area (Å²) in [4.78, 5) is 14.5. The van der Waals surface area contributed by atoms with Crippen LogP contribution in [0.5, 0.6) is 0 Å². The van der Waals surface area contributed by atoms with Gasteiger partial charge in [0.05, 0.1) is 6.04 Å². The normalized spacial score (nSPS) is 17.2. The summed E-state index contributed by atoms with van der Waals surface area (Å²) in [6.45, 7) is 8.12. The highest BCUT2D eigenvalue weighted by Crippen LogP contribution is 2.18. The van der Waals surface area contributed by atoms with Crippen LogP contribution in [0.1, 0.15) is 50.8 Å². The lowest BCUT2D eigenvalue weighted by atomic mass is 9.99. The van der Waals surface area contributed by atoms with E-state index in [-0.39, 0.29) is 17.5 Å². The first-order valence-corrected chi connectivity index (χ1v) is 8.79. The molecule has 1 amide bonds. The number of aryl methyl sites for hydroxylation is 1. The Balaban J connectivity index is 1.99. The lowest BCUT2D eigenvalue weighted by Crippen LogP contribution is -2.32. The zero-order valence-electron chi connectivity index (χ0n) is 14.9. The lowest BCUT2D eigenvalue weighted by molar-refractivity contribution is -0.117. The van der Waals surface area contributed by atoms with Crippen LogP contribution in [0.4, 0.5) is 0 Å². The van der Waals surface area contributed by atoms with Crippen molar-refractivity contribution in [2.75, 3.05) is 13.1 Å². The fourth-order valence-electron chi connectivity index (χ4n) is 2.88. The number of piperidine rings is 1. The van der Waals surface area contributed by atoms with E-state index in [9.17, 15) is 10.1 Å². The van der Waals surface area contributed by atoms with E-state index >= 15 is 0 Å². The number of carbonyl (C=O) groups excluding carboxylic acids is 1. The van der Waals surface area contributed by atoms with Crippen molar-refractivity contribution in [2.24, 2.45) is 5.92 Å². The Morgan fingerprint density at radius 2 is 2.00 bits per heavy atom. The summed E-state index contributed by atoms with van der Waals surface area (Å²) in [5.74, 6) is 0.420.